The summed E-state index contributed by atoms with van der Waals surface area (Å²) in [5.74, 6) is -1.89. The van der Waals surface area contributed by atoms with Gasteiger partial charge in [0.1, 0.15) is 18.0 Å². The molecule has 0 aliphatic rings. The second-order valence-electron chi connectivity index (χ2n) is 5.09. The van der Waals surface area contributed by atoms with Crippen LogP contribution in [-0.4, -0.2) is 37.6 Å². The fourth-order valence-electron chi connectivity index (χ4n) is 2.27. The van der Waals surface area contributed by atoms with Crippen molar-refractivity contribution in [2.75, 3.05) is 25.7 Å². The van der Waals surface area contributed by atoms with Crippen LogP contribution < -0.4 is 4.90 Å². The number of benzene rings is 2. The normalized spacial score (nSPS) is 10.1. The van der Waals surface area contributed by atoms with E-state index in [1.807, 2.05) is 0 Å². The molecule has 0 aliphatic carbocycles. The van der Waals surface area contributed by atoms with Crippen molar-refractivity contribution < 1.29 is 28.4 Å². The number of carbonyl (C=O) groups excluding carboxylic acids is 2. The highest BCUT2D eigenvalue weighted by molar-refractivity contribution is 5.92. The van der Waals surface area contributed by atoms with Crippen LogP contribution in [0.5, 0.6) is 0 Å². The number of halogens is 1. The molecule has 0 fully saturated rings. The molecule has 0 saturated heterocycles. The summed E-state index contributed by atoms with van der Waals surface area (Å²) in [4.78, 5) is 35.5. The number of rotatable bonds is 6. The van der Waals surface area contributed by atoms with E-state index in [1.165, 1.54) is 36.3 Å². The minimum atomic E-state index is -0.735. The lowest BCUT2D eigenvalue weighted by Crippen LogP contribution is -2.27. The van der Waals surface area contributed by atoms with Crippen molar-refractivity contribution in [1.82, 2.24) is 0 Å². The van der Waals surface area contributed by atoms with Crippen LogP contribution in [0.3, 0.4) is 0 Å². The molecule has 0 saturated carbocycles. The molecule has 2 aromatic rings. The number of esters is 2. The zero-order valence-electron chi connectivity index (χ0n) is 14.0. The molecule has 8 nitrogen and oxygen atoms in total. The summed E-state index contributed by atoms with van der Waals surface area (Å²) in [5.41, 5.74) is -0.0495. The lowest BCUT2D eigenvalue weighted by Gasteiger charge is -2.23. The molecule has 2 aromatic carbocycles. The van der Waals surface area contributed by atoms with Crippen molar-refractivity contribution in [1.29, 1.82) is 0 Å². The SMILES string of the molecule is COC(=O)CN(c1ccc(F)cc1)c1ccc(C(=O)OC)cc1[N+](=O)[O-]. The van der Waals surface area contributed by atoms with E-state index in [0.29, 0.717) is 5.69 Å². The lowest BCUT2D eigenvalue weighted by molar-refractivity contribution is -0.384. The number of nitro groups is 1. The van der Waals surface area contributed by atoms with Crippen LogP contribution in [0.25, 0.3) is 0 Å². The molecule has 0 heterocycles. The van der Waals surface area contributed by atoms with Crippen LogP contribution in [0.2, 0.25) is 0 Å². The molecule has 9 heteroatoms. The van der Waals surface area contributed by atoms with Gasteiger partial charge >= 0.3 is 11.9 Å². The summed E-state index contributed by atoms with van der Waals surface area (Å²) in [7, 11) is 2.34. The minimum absolute atomic E-state index is 0.0138. The molecule has 136 valence electrons. The molecule has 0 unspecified atom stereocenters. The minimum Gasteiger partial charge on any atom is -0.468 e. The number of ether oxygens (including phenoxy) is 2. The molecular weight excluding hydrogens is 347 g/mol. The maximum Gasteiger partial charge on any atom is 0.338 e. The predicted octanol–water partition coefficient (Wildman–Crippen LogP) is 2.83. The third-order valence-electron chi connectivity index (χ3n) is 3.54. The fourth-order valence-corrected chi connectivity index (χ4v) is 2.27. The Balaban J connectivity index is 2.59. The predicted molar refractivity (Wildman–Crippen MR) is 89.9 cm³/mol. The summed E-state index contributed by atoms with van der Waals surface area (Å²) in [6.07, 6.45) is 0. The van der Waals surface area contributed by atoms with E-state index in [9.17, 15) is 24.1 Å². The Morgan fingerprint density at radius 2 is 1.77 bits per heavy atom. The monoisotopic (exact) mass is 362 g/mol. The largest absolute Gasteiger partial charge is 0.468 e. The highest BCUT2D eigenvalue weighted by atomic mass is 19.1. The maximum atomic E-state index is 13.2. The second kappa shape index (κ2) is 8.06. The summed E-state index contributed by atoms with van der Waals surface area (Å²) < 4.78 is 22.4. The molecule has 0 aliphatic heterocycles. The Morgan fingerprint density at radius 1 is 1.12 bits per heavy atom. The van der Waals surface area contributed by atoms with Crippen LogP contribution in [0, 0.1) is 15.9 Å². The van der Waals surface area contributed by atoms with Gasteiger partial charge in [-0.2, -0.15) is 0 Å². The van der Waals surface area contributed by atoms with Gasteiger partial charge in [0.15, 0.2) is 0 Å². The van der Waals surface area contributed by atoms with Gasteiger partial charge in [-0.3, -0.25) is 14.9 Å². The molecule has 0 atom stereocenters. The molecular formula is C17H15FN2O6. The molecule has 0 N–H and O–H groups in total. The van der Waals surface area contributed by atoms with E-state index >= 15 is 0 Å². The smallest absolute Gasteiger partial charge is 0.338 e. The van der Waals surface area contributed by atoms with E-state index in [1.54, 1.807) is 0 Å². The van der Waals surface area contributed by atoms with Crippen LogP contribution in [-0.2, 0) is 14.3 Å². The maximum absolute atomic E-state index is 13.2. The molecule has 0 aromatic heterocycles. The van der Waals surface area contributed by atoms with E-state index in [4.69, 9.17) is 0 Å². The Labute approximate surface area is 147 Å². The fraction of sp³-hybridized carbons (Fsp3) is 0.176. The van der Waals surface area contributed by atoms with Crippen molar-refractivity contribution in [3.63, 3.8) is 0 Å². The lowest BCUT2D eigenvalue weighted by atomic mass is 10.1. The topological polar surface area (TPSA) is 99.0 Å². The van der Waals surface area contributed by atoms with Gasteiger partial charge in [0.05, 0.1) is 24.7 Å². The number of nitrogens with zero attached hydrogens (tertiary/aromatic N) is 2. The first-order valence-electron chi connectivity index (χ1n) is 7.34. The first-order valence-corrected chi connectivity index (χ1v) is 7.34. The molecule has 0 amide bonds. The summed E-state index contributed by atoms with van der Waals surface area (Å²) in [6.45, 7) is -0.347. The van der Waals surface area contributed by atoms with Gasteiger partial charge in [-0.1, -0.05) is 0 Å². The average molecular weight is 362 g/mol. The number of nitro benzene ring substituents is 1. The van der Waals surface area contributed by atoms with Crippen molar-refractivity contribution in [2.45, 2.75) is 0 Å². The van der Waals surface area contributed by atoms with Gasteiger partial charge in [-0.25, -0.2) is 9.18 Å². The first-order chi connectivity index (χ1) is 12.4. The Hall–Kier alpha value is -3.49. The van der Waals surface area contributed by atoms with Crippen LogP contribution in [0.1, 0.15) is 10.4 Å². The van der Waals surface area contributed by atoms with Gasteiger partial charge in [0.25, 0.3) is 5.69 Å². The quantitative estimate of drug-likeness (QED) is 0.442. The first kappa shape index (κ1) is 18.8. The Kier molecular flexibility index (Phi) is 5.84. The van der Waals surface area contributed by atoms with Gasteiger partial charge in [-0.05, 0) is 36.4 Å². The molecule has 0 spiro atoms. The highest BCUT2D eigenvalue weighted by Crippen LogP contribution is 2.34. The molecule has 2 rings (SSSR count). The number of hydrogen-bond acceptors (Lipinski definition) is 7. The molecule has 26 heavy (non-hydrogen) atoms. The summed E-state index contributed by atoms with van der Waals surface area (Å²) in [6, 6.07) is 8.77. The summed E-state index contributed by atoms with van der Waals surface area (Å²) >= 11 is 0. The van der Waals surface area contributed by atoms with Crippen molar-refractivity contribution in [2.24, 2.45) is 0 Å². The van der Waals surface area contributed by atoms with E-state index in [2.05, 4.69) is 9.47 Å². The summed E-state index contributed by atoms with van der Waals surface area (Å²) in [5, 5.41) is 11.5. The number of methoxy groups -OCH3 is 2. The standard InChI is InChI=1S/C17H15FN2O6/c1-25-16(21)10-19(13-6-4-12(18)5-7-13)14-8-3-11(17(22)26-2)9-15(14)20(23)24/h3-9H,10H2,1-2H3. The van der Waals surface area contributed by atoms with E-state index in [-0.39, 0.29) is 17.8 Å². The van der Waals surface area contributed by atoms with Gasteiger partial charge in [0.2, 0.25) is 0 Å². The van der Waals surface area contributed by atoms with Gasteiger partial charge in [-0.15, -0.1) is 0 Å². The third-order valence-corrected chi connectivity index (χ3v) is 3.54. The van der Waals surface area contributed by atoms with E-state index < -0.39 is 28.4 Å². The van der Waals surface area contributed by atoms with Crippen LogP contribution >= 0.6 is 0 Å². The van der Waals surface area contributed by atoms with Crippen LogP contribution in [0.15, 0.2) is 42.5 Å². The second-order valence-corrected chi connectivity index (χ2v) is 5.09. The Morgan fingerprint density at radius 3 is 2.31 bits per heavy atom. The number of carbonyl (C=O) groups is 2. The number of anilines is 2. The zero-order valence-corrected chi connectivity index (χ0v) is 14.0. The van der Waals surface area contributed by atoms with Gasteiger partial charge < -0.3 is 14.4 Å². The average Bonchev–Trinajstić information content (AvgIpc) is 2.65. The van der Waals surface area contributed by atoms with Crippen molar-refractivity contribution >= 4 is 29.0 Å². The highest BCUT2D eigenvalue weighted by Gasteiger charge is 2.25. The van der Waals surface area contributed by atoms with E-state index in [0.717, 1.165) is 25.3 Å². The molecule has 0 radical (unpaired) electrons. The number of hydrogen-bond donors (Lipinski definition) is 0. The Bertz CT molecular complexity index is 838. The zero-order chi connectivity index (χ0) is 19.3. The molecule has 0 bridgehead atoms. The van der Waals surface area contributed by atoms with Gasteiger partial charge in [0, 0.05) is 11.8 Å². The van der Waals surface area contributed by atoms with Crippen molar-refractivity contribution in [3.8, 4) is 0 Å². The third kappa shape index (κ3) is 4.12. The van der Waals surface area contributed by atoms with Crippen LogP contribution in [0.4, 0.5) is 21.5 Å². The van der Waals surface area contributed by atoms with Crippen molar-refractivity contribution in [3.05, 3.63) is 64.0 Å².